The summed E-state index contributed by atoms with van der Waals surface area (Å²) in [4.78, 5) is 10.5. The van der Waals surface area contributed by atoms with Gasteiger partial charge in [-0.05, 0) is 6.42 Å². The molecule has 2 N–H and O–H groups in total. The van der Waals surface area contributed by atoms with E-state index < -0.39 is 0 Å². The second-order valence-electron chi connectivity index (χ2n) is 2.80. The van der Waals surface area contributed by atoms with Crippen molar-refractivity contribution in [3.8, 4) is 0 Å². The van der Waals surface area contributed by atoms with Crippen LogP contribution in [0.25, 0.3) is 0 Å². The number of nitrogens with two attached hydrogens (primary N) is 1. The highest BCUT2D eigenvalue weighted by molar-refractivity contribution is 5.85. The van der Waals surface area contributed by atoms with Gasteiger partial charge in [-0.3, -0.25) is 4.79 Å². The fraction of sp³-hybridized carbons (Fsp3) is 0.875. The average molecular weight is 180 g/mol. The lowest BCUT2D eigenvalue weighted by Gasteiger charge is -2.04. The summed E-state index contributed by atoms with van der Waals surface area (Å²) in [6.45, 7) is 4.03. The van der Waals surface area contributed by atoms with E-state index in [4.69, 9.17) is 5.73 Å². The van der Waals surface area contributed by atoms with Gasteiger partial charge >= 0.3 is 0 Å². The van der Waals surface area contributed by atoms with Crippen LogP contribution in [0.1, 0.15) is 39.5 Å². The van der Waals surface area contributed by atoms with Gasteiger partial charge < -0.3 is 5.73 Å². The van der Waals surface area contributed by atoms with Gasteiger partial charge in [0.15, 0.2) is 0 Å². The van der Waals surface area contributed by atoms with Crippen molar-refractivity contribution < 1.29 is 4.79 Å². The van der Waals surface area contributed by atoms with Crippen LogP contribution in [-0.2, 0) is 4.79 Å². The van der Waals surface area contributed by atoms with Crippen molar-refractivity contribution in [2.24, 2.45) is 11.7 Å². The first-order chi connectivity index (χ1) is 4.68. The third-order valence-electron chi connectivity index (χ3n) is 1.73. The van der Waals surface area contributed by atoms with Gasteiger partial charge in [0.05, 0.1) is 0 Å². The molecular weight excluding hydrogens is 162 g/mol. The van der Waals surface area contributed by atoms with Crippen LogP contribution in [0.4, 0.5) is 0 Å². The number of hydrogen-bond donors (Lipinski definition) is 1. The summed E-state index contributed by atoms with van der Waals surface area (Å²) in [5.74, 6) is -0.109. The molecule has 0 saturated carbocycles. The van der Waals surface area contributed by atoms with Crippen LogP contribution in [0.2, 0.25) is 0 Å². The fourth-order valence-electron chi connectivity index (χ4n) is 0.843. The molecule has 0 aliphatic rings. The van der Waals surface area contributed by atoms with Crippen LogP contribution in [0.15, 0.2) is 0 Å². The van der Waals surface area contributed by atoms with Gasteiger partial charge in [0.2, 0.25) is 5.91 Å². The first-order valence-electron chi connectivity index (χ1n) is 3.97. The Balaban J connectivity index is 0. The van der Waals surface area contributed by atoms with E-state index in [9.17, 15) is 4.79 Å². The quantitative estimate of drug-likeness (QED) is 0.646. The molecule has 0 radical (unpaired) electrons. The zero-order valence-corrected chi connectivity index (χ0v) is 8.12. The van der Waals surface area contributed by atoms with E-state index in [1.807, 2.05) is 6.92 Å². The summed E-state index contributed by atoms with van der Waals surface area (Å²) in [6.07, 6.45) is 4.48. The highest BCUT2D eigenvalue weighted by Gasteiger charge is 2.06. The Bertz CT molecular complexity index is 106. The Morgan fingerprint density at radius 2 is 2.00 bits per heavy atom. The van der Waals surface area contributed by atoms with Gasteiger partial charge in [0, 0.05) is 5.92 Å². The monoisotopic (exact) mass is 179 g/mol. The maximum absolute atomic E-state index is 10.5. The van der Waals surface area contributed by atoms with Gasteiger partial charge in [0.25, 0.3) is 0 Å². The van der Waals surface area contributed by atoms with Crippen LogP contribution >= 0.6 is 12.4 Å². The maximum Gasteiger partial charge on any atom is 0.220 e. The minimum atomic E-state index is -0.170. The molecule has 0 rings (SSSR count). The Kier molecular flexibility index (Phi) is 9.55. The van der Waals surface area contributed by atoms with Crippen molar-refractivity contribution in [1.82, 2.24) is 0 Å². The van der Waals surface area contributed by atoms with Gasteiger partial charge in [0.1, 0.15) is 0 Å². The zero-order valence-electron chi connectivity index (χ0n) is 7.30. The van der Waals surface area contributed by atoms with E-state index in [1.54, 1.807) is 0 Å². The standard InChI is InChI=1S/C8H17NO.ClH/c1-3-4-5-6-7(2)8(9)10;/h7H,3-6H2,1-2H3,(H2,9,10);1H. The van der Waals surface area contributed by atoms with Gasteiger partial charge in [-0.15, -0.1) is 12.4 Å². The predicted octanol–water partition coefficient (Wildman–Crippen LogP) is 2.11. The minimum Gasteiger partial charge on any atom is -0.369 e. The molecule has 0 bridgehead atoms. The Morgan fingerprint density at radius 3 is 2.36 bits per heavy atom. The van der Waals surface area contributed by atoms with Crippen molar-refractivity contribution in [3.63, 3.8) is 0 Å². The third-order valence-corrected chi connectivity index (χ3v) is 1.73. The van der Waals surface area contributed by atoms with E-state index in [2.05, 4.69) is 6.92 Å². The predicted molar refractivity (Wildman–Crippen MR) is 49.7 cm³/mol. The Hall–Kier alpha value is -0.240. The number of carbonyl (C=O) groups excluding carboxylic acids is 1. The summed E-state index contributed by atoms with van der Waals surface area (Å²) in [7, 11) is 0. The van der Waals surface area contributed by atoms with Crippen molar-refractivity contribution in [3.05, 3.63) is 0 Å². The summed E-state index contributed by atoms with van der Waals surface area (Å²) >= 11 is 0. The summed E-state index contributed by atoms with van der Waals surface area (Å²) in [6, 6.07) is 0. The Labute approximate surface area is 74.9 Å². The molecule has 68 valence electrons. The van der Waals surface area contributed by atoms with E-state index in [0.717, 1.165) is 12.8 Å². The molecule has 0 saturated heterocycles. The van der Waals surface area contributed by atoms with Crippen LogP contribution in [0.3, 0.4) is 0 Å². The summed E-state index contributed by atoms with van der Waals surface area (Å²) < 4.78 is 0. The molecule has 0 fully saturated rings. The summed E-state index contributed by atoms with van der Waals surface area (Å²) in [5.41, 5.74) is 5.08. The number of primary amides is 1. The number of hydrogen-bond acceptors (Lipinski definition) is 1. The number of carbonyl (C=O) groups is 1. The Morgan fingerprint density at radius 1 is 1.45 bits per heavy atom. The molecule has 0 aliphatic heterocycles. The smallest absolute Gasteiger partial charge is 0.220 e. The molecule has 0 spiro atoms. The van der Waals surface area contributed by atoms with E-state index in [1.165, 1.54) is 12.8 Å². The molecule has 0 aliphatic carbocycles. The lowest BCUT2D eigenvalue weighted by molar-refractivity contribution is -0.121. The second kappa shape index (κ2) is 7.86. The van der Waals surface area contributed by atoms with Crippen molar-refractivity contribution in [1.29, 1.82) is 0 Å². The minimum absolute atomic E-state index is 0. The molecule has 0 aromatic carbocycles. The number of rotatable bonds is 5. The normalized spacial score (nSPS) is 11.8. The third kappa shape index (κ3) is 7.66. The number of halogens is 1. The van der Waals surface area contributed by atoms with E-state index in [-0.39, 0.29) is 24.2 Å². The zero-order chi connectivity index (χ0) is 7.98. The highest BCUT2D eigenvalue weighted by Crippen LogP contribution is 2.07. The fourth-order valence-corrected chi connectivity index (χ4v) is 0.843. The first-order valence-corrected chi connectivity index (χ1v) is 3.97. The molecule has 1 unspecified atom stereocenters. The summed E-state index contributed by atoms with van der Waals surface area (Å²) in [5, 5.41) is 0. The number of unbranched alkanes of at least 4 members (excludes halogenated alkanes) is 2. The van der Waals surface area contributed by atoms with Gasteiger partial charge in [-0.2, -0.15) is 0 Å². The molecule has 1 amide bonds. The maximum atomic E-state index is 10.5. The first kappa shape index (κ1) is 13.4. The van der Waals surface area contributed by atoms with Crippen molar-refractivity contribution in [2.45, 2.75) is 39.5 Å². The van der Waals surface area contributed by atoms with Crippen LogP contribution in [0.5, 0.6) is 0 Å². The van der Waals surface area contributed by atoms with Crippen LogP contribution in [-0.4, -0.2) is 5.91 Å². The topological polar surface area (TPSA) is 43.1 Å². The number of amides is 1. The van der Waals surface area contributed by atoms with Crippen LogP contribution in [0, 0.1) is 5.92 Å². The molecule has 2 nitrogen and oxygen atoms in total. The molecule has 3 heteroatoms. The van der Waals surface area contributed by atoms with Crippen molar-refractivity contribution in [2.75, 3.05) is 0 Å². The molecule has 1 atom stereocenters. The van der Waals surface area contributed by atoms with Crippen molar-refractivity contribution >= 4 is 18.3 Å². The second-order valence-corrected chi connectivity index (χ2v) is 2.80. The average Bonchev–Trinajstić information content (AvgIpc) is 1.88. The van der Waals surface area contributed by atoms with Gasteiger partial charge in [-0.1, -0.05) is 33.1 Å². The lowest BCUT2D eigenvalue weighted by atomic mass is 10.0. The molecular formula is C8H18ClNO. The molecule has 0 aromatic rings. The molecule has 0 heterocycles. The van der Waals surface area contributed by atoms with Crippen LogP contribution < -0.4 is 5.73 Å². The SMILES string of the molecule is CCCCCC(C)C(N)=O.Cl. The molecule has 11 heavy (non-hydrogen) atoms. The molecule has 0 aromatic heterocycles. The lowest BCUT2D eigenvalue weighted by Crippen LogP contribution is -2.20. The van der Waals surface area contributed by atoms with Gasteiger partial charge in [-0.25, -0.2) is 0 Å². The highest BCUT2D eigenvalue weighted by atomic mass is 35.5. The van der Waals surface area contributed by atoms with E-state index in [0.29, 0.717) is 0 Å². The van der Waals surface area contributed by atoms with E-state index >= 15 is 0 Å². The largest absolute Gasteiger partial charge is 0.369 e.